The molecule has 9 nitrogen and oxygen atoms in total. The van der Waals surface area contributed by atoms with Crippen molar-refractivity contribution in [3.05, 3.63) is 59.8 Å². The maximum atomic E-state index is 11.0. The smallest absolute Gasteiger partial charge is 0.264 e. The Morgan fingerprint density at radius 3 is 2.74 bits per heavy atom. The first-order chi connectivity index (χ1) is 12.9. The van der Waals surface area contributed by atoms with Gasteiger partial charge in [0, 0.05) is 30.1 Å². The van der Waals surface area contributed by atoms with Crippen molar-refractivity contribution in [3.63, 3.8) is 0 Å². The van der Waals surface area contributed by atoms with Crippen LogP contribution < -0.4 is 5.32 Å². The molecule has 0 radical (unpaired) electrons. The lowest BCUT2D eigenvalue weighted by atomic mass is 10.2. The van der Waals surface area contributed by atoms with E-state index in [0.29, 0.717) is 30.3 Å². The zero-order valence-corrected chi connectivity index (χ0v) is 15.8. The van der Waals surface area contributed by atoms with E-state index in [9.17, 15) is 8.42 Å². The molecule has 0 aliphatic heterocycles. The van der Waals surface area contributed by atoms with E-state index in [1.807, 2.05) is 37.3 Å². The minimum absolute atomic E-state index is 0.0337. The molecular weight excluding hydrogens is 368 g/mol. The van der Waals surface area contributed by atoms with Gasteiger partial charge >= 0.3 is 0 Å². The van der Waals surface area contributed by atoms with Crippen molar-refractivity contribution in [2.45, 2.75) is 19.9 Å². The molecule has 27 heavy (non-hydrogen) atoms. The summed E-state index contributed by atoms with van der Waals surface area (Å²) in [6.45, 7) is 2.29. The van der Waals surface area contributed by atoms with Gasteiger partial charge in [-0.15, -0.1) is 5.10 Å². The van der Waals surface area contributed by atoms with Crippen molar-refractivity contribution >= 4 is 21.6 Å². The summed E-state index contributed by atoms with van der Waals surface area (Å²) in [5.74, 6) is 1.36. The van der Waals surface area contributed by atoms with Gasteiger partial charge in [0.2, 0.25) is 0 Å². The Morgan fingerprint density at radius 1 is 1.22 bits per heavy atom. The Morgan fingerprint density at radius 2 is 2.00 bits per heavy atom. The lowest BCUT2D eigenvalue weighted by Crippen LogP contribution is -2.07. The Balaban J connectivity index is 1.70. The average Bonchev–Trinajstić information content (AvgIpc) is 3.04. The molecule has 10 heteroatoms. The number of nitrogens with one attached hydrogen (secondary N) is 1. The van der Waals surface area contributed by atoms with E-state index in [0.717, 1.165) is 17.5 Å². The van der Waals surface area contributed by atoms with Gasteiger partial charge in [-0.3, -0.25) is 4.18 Å². The molecular formula is C17H20N6O3S. The normalized spacial score (nSPS) is 11.5. The maximum absolute atomic E-state index is 11.0. The minimum atomic E-state index is -3.46. The molecule has 0 bridgehead atoms. The highest BCUT2D eigenvalue weighted by atomic mass is 32.2. The van der Waals surface area contributed by atoms with Gasteiger partial charge in [0.1, 0.15) is 11.6 Å². The number of anilines is 2. The Bertz CT molecular complexity index is 1000. The van der Waals surface area contributed by atoms with Crippen LogP contribution in [0.4, 0.5) is 11.5 Å². The first kappa shape index (κ1) is 18.9. The van der Waals surface area contributed by atoms with E-state index >= 15 is 0 Å². The molecule has 0 amide bonds. The predicted octanol–water partition coefficient (Wildman–Crippen LogP) is 1.69. The molecule has 2 aromatic heterocycles. The van der Waals surface area contributed by atoms with E-state index < -0.39 is 10.1 Å². The summed E-state index contributed by atoms with van der Waals surface area (Å²) in [6.07, 6.45) is 4.87. The standard InChI is InChI=1S/C17H20N6O3S/c1-13-18-10-14(17(19-13)20-15-6-4-3-5-7-15)11-23-12-16(21-22-23)8-9-26-27(2,24)25/h3-7,10,12H,8-9,11H2,1-2H3,(H,18,19,20). The monoisotopic (exact) mass is 388 g/mol. The van der Waals surface area contributed by atoms with Crippen LogP contribution in [0, 0.1) is 6.92 Å². The van der Waals surface area contributed by atoms with Crippen LogP contribution in [0.3, 0.4) is 0 Å². The van der Waals surface area contributed by atoms with Crippen molar-refractivity contribution in [2.75, 3.05) is 18.2 Å². The van der Waals surface area contributed by atoms with Crippen LogP contribution in [0.1, 0.15) is 17.1 Å². The van der Waals surface area contributed by atoms with Crippen LogP contribution in [0.15, 0.2) is 42.7 Å². The molecule has 0 aliphatic rings. The topological polar surface area (TPSA) is 112 Å². The Hall–Kier alpha value is -2.85. The van der Waals surface area contributed by atoms with E-state index in [-0.39, 0.29) is 6.61 Å². The summed E-state index contributed by atoms with van der Waals surface area (Å²) in [5.41, 5.74) is 2.42. The van der Waals surface area contributed by atoms with Crippen molar-refractivity contribution in [1.82, 2.24) is 25.0 Å². The van der Waals surface area contributed by atoms with E-state index in [4.69, 9.17) is 4.18 Å². The highest BCUT2D eigenvalue weighted by Gasteiger charge is 2.10. The van der Waals surface area contributed by atoms with Gasteiger partial charge in [-0.05, 0) is 19.1 Å². The first-order valence-corrected chi connectivity index (χ1v) is 10.1. The molecule has 1 aromatic carbocycles. The number of rotatable bonds is 8. The van der Waals surface area contributed by atoms with Crippen LogP contribution in [0.25, 0.3) is 0 Å². The van der Waals surface area contributed by atoms with Gasteiger partial charge in [0.05, 0.1) is 25.1 Å². The van der Waals surface area contributed by atoms with Gasteiger partial charge in [-0.25, -0.2) is 14.6 Å². The maximum Gasteiger partial charge on any atom is 0.264 e. The van der Waals surface area contributed by atoms with Crippen LogP contribution >= 0.6 is 0 Å². The third-order valence-corrected chi connectivity index (χ3v) is 4.19. The SMILES string of the molecule is Cc1ncc(Cn2cc(CCOS(C)(=O)=O)nn2)c(Nc2ccccc2)n1. The quantitative estimate of drug-likeness (QED) is 0.580. The number of aryl methyl sites for hydroxylation is 1. The van der Waals surface area contributed by atoms with Gasteiger partial charge in [0.15, 0.2) is 0 Å². The molecule has 0 unspecified atom stereocenters. The zero-order chi connectivity index (χ0) is 19.3. The van der Waals surface area contributed by atoms with Crippen LogP contribution in [-0.2, 0) is 27.3 Å². The number of hydrogen-bond acceptors (Lipinski definition) is 8. The van der Waals surface area contributed by atoms with Gasteiger partial charge in [0.25, 0.3) is 10.1 Å². The number of benzene rings is 1. The Kier molecular flexibility index (Phi) is 5.77. The highest BCUT2D eigenvalue weighted by Crippen LogP contribution is 2.19. The van der Waals surface area contributed by atoms with Crippen molar-refractivity contribution in [2.24, 2.45) is 0 Å². The lowest BCUT2D eigenvalue weighted by Gasteiger charge is -2.11. The molecule has 3 aromatic rings. The van der Waals surface area contributed by atoms with E-state index in [1.54, 1.807) is 17.1 Å². The summed E-state index contributed by atoms with van der Waals surface area (Å²) in [4.78, 5) is 8.74. The van der Waals surface area contributed by atoms with Crippen molar-refractivity contribution in [3.8, 4) is 0 Å². The molecule has 0 saturated carbocycles. The number of aromatic nitrogens is 5. The highest BCUT2D eigenvalue weighted by molar-refractivity contribution is 7.85. The molecule has 142 valence electrons. The van der Waals surface area contributed by atoms with E-state index in [1.165, 1.54) is 0 Å². The summed E-state index contributed by atoms with van der Waals surface area (Å²) >= 11 is 0. The minimum Gasteiger partial charge on any atom is -0.340 e. The fourth-order valence-corrected chi connectivity index (χ4v) is 2.77. The molecule has 3 rings (SSSR count). The second-order valence-electron chi connectivity index (χ2n) is 5.97. The fraction of sp³-hybridized carbons (Fsp3) is 0.294. The van der Waals surface area contributed by atoms with Crippen molar-refractivity contribution < 1.29 is 12.6 Å². The average molecular weight is 388 g/mol. The number of para-hydroxylation sites is 1. The first-order valence-electron chi connectivity index (χ1n) is 8.27. The second kappa shape index (κ2) is 8.23. The van der Waals surface area contributed by atoms with Crippen LogP contribution in [0.2, 0.25) is 0 Å². The summed E-state index contributed by atoms with van der Waals surface area (Å²) in [7, 11) is -3.46. The summed E-state index contributed by atoms with van der Waals surface area (Å²) < 4.78 is 28.4. The zero-order valence-electron chi connectivity index (χ0n) is 15.0. The third kappa shape index (κ3) is 5.83. The largest absolute Gasteiger partial charge is 0.340 e. The molecule has 0 atom stereocenters. The fourth-order valence-electron chi connectivity index (χ4n) is 2.38. The van der Waals surface area contributed by atoms with E-state index in [2.05, 4.69) is 25.6 Å². The molecule has 2 heterocycles. The van der Waals surface area contributed by atoms with Gasteiger partial charge in [-0.2, -0.15) is 8.42 Å². The summed E-state index contributed by atoms with van der Waals surface area (Å²) in [6, 6.07) is 9.74. The third-order valence-electron chi connectivity index (χ3n) is 3.60. The van der Waals surface area contributed by atoms with Gasteiger partial charge in [-0.1, -0.05) is 23.4 Å². The van der Waals surface area contributed by atoms with Crippen LogP contribution in [-0.4, -0.2) is 46.2 Å². The molecule has 0 spiro atoms. The number of nitrogens with zero attached hydrogens (tertiary/aromatic N) is 5. The summed E-state index contributed by atoms with van der Waals surface area (Å²) in [5, 5.41) is 11.4. The molecule has 1 N–H and O–H groups in total. The molecule has 0 aliphatic carbocycles. The van der Waals surface area contributed by atoms with Crippen molar-refractivity contribution in [1.29, 1.82) is 0 Å². The second-order valence-corrected chi connectivity index (χ2v) is 7.61. The number of hydrogen-bond donors (Lipinski definition) is 1. The van der Waals surface area contributed by atoms with Crippen LogP contribution in [0.5, 0.6) is 0 Å². The Labute approximate surface area is 157 Å². The van der Waals surface area contributed by atoms with Gasteiger partial charge < -0.3 is 5.32 Å². The lowest BCUT2D eigenvalue weighted by molar-refractivity contribution is 0.324. The molecule has 0 fully saturated rings. The molecule has 0 saturated heterocycles. The predicted molar refractivity (Wildman–Crippen MR) is 100 cm³/mol.